The van der Waals surface area contributed by atoms with Gasteiger partial charge in [0, 0.05) is 32.0 Å². The van der Waals surface area contributed by atoms with Crippen LogP contribution in [0.1, 0.15) is 5.69 Å². The normalized spacial score (nSPS) is 10.9. The predicted octanol–water partition coefficient (Wildman–Crippen LogP) is 2.18. The first-order valence-electron chi connectivity index (χ1n) is 5.58. The average Bonchev–Trinajstić information content (AvgIpc) is 2.99. The van der Waals surface area contributed by atoms with Crippen molar-refractivity contribution in [2.45, 2.75) is 6.42 Å². The maximum absolute atomic E-state index is 5.31. The Morgan fingerprint density at radius 2 is 2.41 bits per heavy atom. The minimum atomic E-state index is 0.745. The van der Waals surface area contributed by atoms with Crippen LogP contribution in [0.2, 0.25) is 0 Å². The van der Waals surface area contributed by atoms with Crippen molar-refractivity contribution in [1.29, 1.82) is 0 Å². The van der Waals surface area contributed by atoms with E-state index in [1.54, 1.807) is 24.7 Å². The van der Waals surface area contributed by atoms with E-state index in [9.17, 15) is 0 Å². The highest BCUT2D eigenvalue weighted by Crippen LogP contribution is 2.23. The molecule has 4 nitrogen and oxygen atoms in total. The molecule has 92 valence electrons. The fourth-order valence-electron chi connectivity index (χ4n) is 1.45. The molecular formula is C12H16N2O2S. The Labute approximate surface area is 105 Å². The molecule has 2 rings (SSSR count). The molecule has 0 aliphatic rings. The van der Waals surface area contributed by atoms with Crippen LogP contribution in [0, 0.1) is 0 Å². The Morgan fingerprint density at radius 3 is 3.18 bits per heavy atom. The molecule has 0 radical (unpaired) electrons. The molecule has 0 fully saturated rings. The summed E-state index contributed by atoms with van der Waals surface area (Å²) in [7, 11) is 1.71. The largest absolute Gasteiger partial charge is 0.462 e. The number of methoxy groups -OCH3 is 1. The Kier molecular flexibility index (Phi) is 4.73. The van der Waals surface area contributed by atoms with Crippen molar-refractivity contribution in [1.82, 2.24) is 10.3 Å². The number of ether oxygens (including phenoxy) is 1. The summed E-state index contributed by atoms with van der Waals surface area (Å²) < 4.78 is 10.3. The summed E-state index contributed by atoms with van der Waals surface area (Å²) in [6.07, 6.45) is 2.60. The van der Waals surface area contributed by atoms with Gasteiger partial charge in [0.25, 0.3) is 0 Å². The zero-order valence-electron chi connectivity index (χ0n) is 9.81. The lowest BCUT2D eigenvalue weighted by atomic mass is 10.3. The third-order valence-corrected chi connectivity index (χ3v) is 3.23. The van der Waals surface area contributed by atoms with Crippen LogP contribution in [0.3, 0.4) is 0 Å². The summed E-state index contributed by atoms with van der Waals surface area (Å²) in [5, 5.41) is 6.32. The zero-order chi connectivity index (χ0) is 11.9. The first-order valence-corrected chi connectivity index (χ1v) is 6.46. The molecule has 0 aromatic carbocycles. The van der Waals surface area contributed by atoms with Gasteiger partial charge in [-0.05, 0) is 12.1 Å². The van der Waals surface area contributed by atoms with Gasteiger partial charge >= 0.3 is 0 Å². The van der Waals surface area contributed by atoms with Crippen molar-refractivity contribution >= 4 is 11.3 Å². The second kappa shape index (κ2) is 6.54. The van der Waals surface area contributed by atoms with Crippen LogP contribution in [0.4, 0.5) is 0 Å². The predicted molar refractivity (Wildman–Crippen MR) is 68.3 cm³/mol. The second-order valence-electron chi connectivity index (χ2n) is 3.61. The van der Waals surface area contributed by atoms with Crippen molar-refractivity contribution in [3.63, 3.8) is 0 Å². The summed E-state index contributed by atoms with van der Waals surface area (Å²) in [5.74, 6) is 0.841. The zero-order valence-corrected chi connectivity index (χ0v) is 10.6. The molecule has 17 heavy (non-hydrogen) atoms. The van der Waals surface area contributed by atoms with E-state index in [1.807, 2.05) is 12.1 Å². The smallest absolute Gasteiger partial charge is 0.162 e. The third kappa shape index (κ3) is 3.66. The van der Waals surface area contributed by atoms with Crippen molar-refractivity contribution in [3.8, 4) is 10.8 Å². The van der Waals surface area contributed by atoms with E-state index in [1.165, 1.54) is 0 Å². The minimum Gasteiger partial charge on any atom is -0.462 e. The van der Waals surface area contributed by atoms with Gasteiger partial charge in [-0.15, -0.1) is 11.3 Å². The molecule has 0 spiro atoms. The molecule has 5 heteroatoms. The molecule has 2 aromatic heterocycles. The van der Waals surface area contributed by atoms with E-state index >= 15 is 0 Å². The summed E-state index contributed by atoms with van der Waals surface area (Å²) in [6, 6.07) is 3.81. The number of hydrogen-bond donors (Lipinski definition) is 1. The summed E-state index contributed by atoms with van der Waals surface area (Å²) in [5.41, 5.74) is 1.10. The standard InChI is InChI=1S/C12H16N2O2S/c1-15-8-6-13-5-4-10-9-17-12(14-10)11-3-2-7-16-11/h2-3,7,9,13H,4-6,8H2,1H3. The van der Waals surface area contributed by atoms with Crippen LogP contribution in [-0.2, 0) is 11.2 Å². The number of furan rings is 1. The lowest BCUT2D eigenvalue weighted by Crippen LogP contribution is -2.21. The number of rotatable bonds is 7. The molecule has 0 unspecified atom stereocenters. The maximum atomic E-state index is 5.31. The number of hydrogen-bond acceptors (Lipinski definition) is 5. The van der Waals surface area contributed by atoms with Crippen molar-refractivity contribution in [2.75, 3.05) is 26.8 Å². The molecule has 0 aliphatic heterocycles. The molecule has 0 bridgehead atoms. The highest BCUT2D eigenvalue weighted by molar-refractivity contribution is 7.13. The lowest BCUT2D eigenvalue weighted by molar-refractivity contribution is 0.199. The van der Waals surface area contributed by atoms with Crippen LogP contribution in [0.15, 0.2) is 28.2 Å². The average molecular weight is 252 g/mol. The molecule has 2 heterocycles. The maximum Gasteiger partial charge on any atom is 0.162 e. The van der Waals surface area contributed by atoms with Gasteiger partial charge in [0.15, 0.2) is 10.8 Å². The molecular weight excluding hydrogens is 236 g/mol. The summed E-state index contributed by atoms with van der Waals surface area (Å²) in [4.78, 5) is 4.52. The summed E-state index contributed by atoms with van der Waals surface area (Å²) >= 11 is 1.62. The molecule has 0 saturated carbocycles. The summed E-state index contributed by atoms with van der Waals surface area (Å²) in [6.45, 7) is 2.55. The second-order valence-corrected chi connectivity index (χ2v) is 4.47. The minimum absolute atomic E-state index is 0.745. The van der Waals surface area contributed by atoms with E-state index in [2.05, 4.69) is 15.7 Å². The Bertz CT molecular complexity index is 425. The van der Waals surface area contributed by atoms with E-state index in [-0.39, 0.29) is 0 Å². The molecule has 0 saturated heterocycles. The van der Waals surface area contributed by atoms with Gasteiger partial charge in [-0.25, -0.2) is 4.98 Å². The third-order valence-electron chi connectivity index (χ3n) is 2.32. The molecule has 0 aliphatic carbocycles. The van der Waals surface area contributed by atoms with Gasteiger partial charge < -0.3 is 14.5 Å². The van der Waals surface area contributed by atoms with Crippen molar-refractivity contribution in [3.05, 3.63) is 29.5 Å². The molecule has 0 atom stereocenters. The Balaban J connectivity index is 1.79. The van der Waals surface area contributed by atoms with Gasteiger partial charge in [-0.3, -0.25) is 0 Å². The number of nitrogens with one attached hydrogen (secondary N) is 1. The Morgan fingerprint density at radius 1 is 1.47 bits per heavy atom. The topological polar surface area (TPSA) is 47.3 Å². The first-order chi connectivity index (χ1) is 8.40. The van der Waals surface area contributed by atoms with Crippen LogP contribution < -0.4 is 5.32 Å². The van der Waals surface area contributed by atoms with Gasteiger partial charge in [-0.1, -0.05) is 0 Å². The van der Waals surface area contributed by atoms with Gasteiger partial charge in [0.1, 0.15) is 0 Å². The van der Waals surface area contributed by atoms with E-state index < -0.39 is 0 Å². The Hall–Kier alpha value is -1.17. The van der Waals surface area contributed by atoms with Crippen LogP contribution >= 0.6 is 11.3 Å². The van der Waals surface area contributed by atoms with Gasteiger partial charge in [-0.2, -0.15) is 0 Å². The highest BCUT2D eigenvalue weighted by Gasteiger charge is 2.06. The van der Waals surface area contributed by atoms with E-state index in [4.69, 9.17) is 9.15 Å². The molecule has 2 aromatic rings. The van der Waals surface area contributed by atoms with Crippen LogP contribution in [0.5, 0.6) is 0 Å². The molecule has 0 amide bonds. The lowest BCUT2D eigenvalue weighted by Gasteiger charge is -2.01. The van der Waals surface area contributed by atoms with Gasteiger partial charge in [0.2, 0.25) is 0 Å². The van der Waals surface area contributed by atoms with Crippen LogP contribution in [-0.4, -0.2) is 31.8 Å². The van der Waals surface area contributed by atoms with E-state index in [0.29, 0.717) is 0 Å². The van der Waals surface area contributed by atoms with E-state index in [0.717, 1.165) is 42.6 Å². The SMILES string of the molecule is COCCNCCc1csc(-c2ccco2)n1. The number of aromatic nitrogens is 1. The molecule has 1 N–H and O–H groups in total. The monoisotopic (exact) mass is 252 g/mol. The quantitative estimate of drug-likeness (QED) is 0.767. The van der Waals surface area contributed by atoms with Crippen molar-refractivity contribution in [2.24, 2.45) is 0 Å². The highest BCUT2D eigenvalue weighted by atomic mass is 32.1. The fraction of sp³-hybridized carbons (Fsp3) is 0.417. The number of nitrogens with zero attached hydrogens (tertiary/aromatic N) is 1. The van der Waals surface area contributed by atoms with Gasteiger partial charge in [0.05, 0.1) is 18.6 Å². The number of thiazole rings is 1. The first kappa shape index (κ1) is 12.3. The fourth-order valence-corrected chi connectivity index (χ4v) is 2.27. The van der Waals surface area contributed by atoms with Crippen LogP contribution in [0.25, 0.3) is 10.8 Å². The van der Waals surface area contributed by atoms with Crippen molar-refractivity contribution < 1.29 is 9.15 Å².